The zero-order chi connectivity index (χ0) is 14.9. The SMILES string of the molecule is Nc1cnc(Nc2cc(Cl)cc(C(F)(F)F)c2)c(Cl)c1. The molecule has 0 spiro atoms. The van der Waals surface area contributed by atoms with Crippen molar-refractivity contribution >= 4 is 40.4 Å². The number of benzene rings is 1. The lowest BCUT2D eigenvalue weighted by atomic mass is 10.2. The number of hydrogen-bond acceptors (Lipinski definition) is 3. The van der Waals surface area contributed by atoms with Crippen LogP contribution in [-0.4, -0.2) is 4.98 Å². The van der Waals surface area contributed by atoms with E-state index in [-0.39, 0.29) is 21.6 Å². The lowest BCUT2D eigenvalue weighted by molar-refractivity contribution is -0.137. The molecule has 0 radical (unpaired) electrons. The van der Waals surface area contributed by atoms with Gasteiger partial charge < -0.3 is 11.1 Å². The third kappa shape index (κ3) is 3.46. The number of nitrogens with two attached hydrogens (primary N) is 1. The van der Waals surface area contributed by atoms with Gasteiger partial charge in [0.25, 0.3) is 0 Å². The molecule has 0 aliphatic carbocycles. The van der Waals surface area contributed by atoms with Crippen LogP contribution >= 0.6 is 23.2 Å². The first-order valence-electron chi connectivity index (χ1n) is 5.31. The highest BCUT2D eigenvalue weighted by Gasteiger charge is 2.31. The van der Waals surface area contributed by atoms with E-state index in [1.54, 1.807) is 0 Å². The molecule has 0 saturated carbocycles. The first-order valence-corrected chi connectivity index (χ1v) is 6.07. The van der Waals surface area contributed by atoms with Crippen molar-refractivity contribution in [3.63, 3.8) is 0 Å². The number of aromatic nitrogens is 1. The first kappa shape index (κ1) is 14.7. The Labute approximate surface area is 122 Å². The normalized spacial score (nSPS) is 11.4. The van der Waals surface area contributed by atoms with E-state index in [2.05, 4.69) is 10.3 Å². The van der Waals surface area contributed by atoms with Gasteiger partial charge >= 0.3 is 6.18 Å². The number of alkyl halides is 3. The molecule has 0 saturated heterocycles. The van der Waals surface area contributed by atoms with Crippen molar-refractivity contribution in [3.8, 4) is 0 Å². The monoisotopic (exact) mass is 321 g/mol. The molecule has 0 bridgehead atoms. The van der Waals surface area contributed by atoms with Crippen molar-refractivity contribution in [2.24, 2.45) is 0 Å². The van der Waals surface area contributed by atoms with Crippen LogP contribution in [0.15, 0.2) is 30.5 Å². The molecule has 106 valence electrons. The summed E-state index contributed by atoms with van der Waals surface area (Å²) in [6.45, 7) is 0. The quantitative estimate of drug-likeness (QED) is 0.840. The summed E-state index contributed by atoms with van der Waals surface area (Å²) >= 11 is 11.6. The predicted molar refractivity (Wildman–Crippen MR) is 73.4 cm³/mol. The van der Waals surface area contributed by atoms with E-state index in [4.69, 9.17) is 28.9 Å². The first-order chi connectivity index (χ1) is 9.25. The van der Waals surface area contributed by atoms with Crippen LogP contribution in [0.1, 0.15) is 5.56 Å². The molecule has 0 fully saturated rings. The maximum absolute atomic E-state index is 12.7. The Hall–Kier alpha value is -1.66. The van der Waals surface area contributed by atoms with E-state index in [1.165, 1.54) is 18.3 Å². The van der Waals surface area contributed by atoms with E-state index in [9.17, 15) is 13.2 Å². The maximum atomic E-state index is 12.7. The highest BCUT2D eigenvalue weighted by atomic mass is 35.5. The van der Waals surface area contributed by atoms with E-state index in [0.29, 0.717) is 5.69 Å². The highest BCUT2D eigenvalue weighted by Crippen LogP contribution is 2.34. The number of nitrogens with zero attached hydrogens (tertiary/aromatic N) is 1. The Morgan fingerprint density at radius 2 is 1.80 bits per heavy atom. The summed E-state index contributed by atoms with van der Waals surface area (Å²) < 4.78 is 38.0. The Balaban J connectivity index is 2.36. The van der Waals surface area contributed by atoms with Crippen LogP contribution < -0.4 is 11.1 Å². The van der Waals surface area contributed by atoms with Crippen LogP contribution in [0.25, 0.3) is 0 Å². The maximum Gasteiger partial charge on any atom is 0.416 e. The average Bonchev–Trinajstić information content (AvgIpc) is 2.31. The average molecular weight is 322 g/mol. The second-order valence-corrected chi connectivity index (χ2v) is 4.79. The molecule has 20 heavy (non-hydrogen) atoms. The predicted octanol–water partition coefficient (Wildman–Crippen LogP) is 4.73. The number of nitrogens with one attached hydrogen (secondary N) is 1. The van der Waals surface area contributed by atoms with Gasteiger partial charge in [0.1, 0.15) is 5.82 Å². The minimum atomic E-state index is -4.49. The van der Waals surface area contributed by atoms with E-state index in [0.717, 1.165) is 12.1 Å². The number of nitrogen functional groups attached to an aromatic ring is 1. The smallest absolute Gasteiger partial charge is 0.397 e. The molecule has 0 unspecified atom stereocenters. The summed E-state index contributed by atoms with van der Waals surface area (Å²) in [5, 5.41) is 2.82. The summed E-state index contributed by atoms with van der Waals surface area (Å²) in [6, 6.07) is 4.53. The molecule has 3 nitrogen and oxygen atoms in total. The summed E-state index contributed by atoms with van der Waals surface area (Å²) in [7, 11) is 0. The molecule has 3 N–H and O–H groups in total. The minimum absolute atomic E-state index is 0.0473. The van der Waals surface area contributed by atoms with Crippen molar-refractivity contribution in [1.82, 2.24) is 4.98 Å². The van der Waals surface area contributed by atoms with Crippen LogP contribution in [0.2, 0.25) is 10.0 Å². The Morgan fingerprint density at radius 1 is 1.10 bits per heavy atom. The molecular formula is C12H8Cl2F3N3. The molecule has 0 aliphatic rings. The fraction of sp³-hybridized carbons (Fsp3) is 0.0833. The lowest BCUT2D eigenvalue weighted by Crippen LogP contribution is -2.06. The second kappa shape index (κ2) is 5.38. The van der Waals surface area contributed by atoms with Crippen LogP contribution in [0.4, 0.5) is 30.4 Å². The summed E-state index contributed by atoms with van der Waals surface area (Å²) in [4.78, 5) is 3.90. The Bertz CT molecular complexity index is 644. The number of hydrogen-bond donors (Lipinski definition) is 2. The van der Waals surface area contributed by atoms with E-state index in [1.807, 2.05) is 0 Å². The van der Waals surface area contributed by atoms with Crippen LogP contribution in [-0.2, 0) is 6.18 Å². The number of halogens is 5. The standard InChI is InChI=1S/C12H8Cl2F3N3/c13-7-1-6(12(15,16)17)2-9(3-7)20-11-10(14)4-8(18)5-19-11/h1-5H,18H2,(H,19,20). The molecule has 0 aliphatic heterocycles. The minimum Gasteiger partial charge on any atom is -0.397 e. The number of anilines is 3. The summed E-state index contributed by atoms with van der Waals surface area (Å²) in [5.41, 5.74) is 5.10. The molecule has 1 aromatic heterocycles. The third-order valence-corrected chi connectivity index (χ3v) is 2.86. The van der Waals surface area contributed by atoms with Gasteiger partial charge in [-0.1, -0.05) is 23.2 Å². The Kier molecular flexibility index (Phi) is 3.96. The van der Waals surface area contributed by atoms with Gasteiger partial charge in [-0.05, 0) is 24.3 Å². The van der Waals surface area contributed by atoms with Crippen LogP contribution in [0, 0.1) is 0 Å². The number of rotatable bonds is 2. The van der Waals surface area contributed by atoms with Crippen molar-refractivity contribution in [2.45, 2.75) is 6.18 Å². The van der Waals surface area contributed by atoms with Crippen LogP contribution in [0.3, 0.4) is 0 Å². The summed E-state index contributed by atoms with van der Waals surface area (Å²) in [5.74, 6) is 0.191. The van der Waals surface area contributed by atoms with Gasteiger partial charge in [0.15, 0.2) is 0 Å². The third-order valence-electron chi connectivity index (χ3n) is 2.35. The largest absolute Gasteiger partial charge is 0.416 e. The fourth-order valence-electron chi connectivity index (χ4n) is 1.51. The topological polar surface area (TPSA) is 50.9 Å². The zero-order valence-electron chi connectivity index (χ0n) is 9.80. The molecule has 2 rings (SSSR count). The lowest BCUT2D eigenvalue weighted by Gasteiger charge is -2.12. The molecule has 8 heteroatoms. The van der Waals surface area contributed by atoms with Crippen molar-refractivity contribution < 1.29 is 13.2 Å². The van der Waals surface area contributed by atoms with Crippen molar-refractivity contribution in [2.75, 3.05) is 11.1 Å². The van der Waals surface area contributed by atoms with Gasteiger partial charge in [-0.15, -0.1) is 0 Å². The zero-order valence-corrected chi connectivity index (χ0v) is 11.3. The van der Waals surface area contributed by atoms with Crippen molar-refractivity contribution in [1.29, 1.82) is 0 Å². The van der Waals surface area contributed by atoms with Gasteiger partial charge in [-0.25, -0.2) is 4.98 Å². The molecule has 1 aromatic carbocycles. The summed E-state index contributed by atoms with van der Waals surface area (Å²) in [6.07, 6.45) is -3.15. The number of pyridine rings is 1. The molecule has 2 aromatic rings. The second-order valence-electron chi connectivity index (χ2n) is 3.95. The van der Waals surface area contributed by atoms with E-state index >= 15 is 0 Å². The Morgan fingerprint density at radius 3 is 2.40 bits per heavy atom. The van der Waals surface area contributed by atoms with Gasteiger partial charge in [0, 0.05) is 10.7 Å². The highest BCUT2D eigenvalue weighted by molar-refractivity contribution is 6.33. The van der Waals surface area contributed by atoms with Gasteiger partial charge in [0.05, 0.1) is 22.5 Å². The van der Waals surface area contributed by atoms with Gasteiger partial charge in [-0.3, -0.25) is 0 Å². The molecule has 1 heterocycles. The van der Waals surface area contributed by atoms with Crippen LogP contribution in [0.5, 0.6) is 0 Å². The molecule has 0 amide bonds. The van der Waals surface area contributed by atoms with Gasteiger partial charge in [0.2, 0.25) is 0 Å². The van der Waals surface area contributed by atoms with Crippen molar-refractivity contribution in [3.05, 3.63) is 46.1 Å². The molecule has 0 atom stereocenters. The fourth-order valence-corrected chi connectivity index (χ4v) is 1.96. The van der Waals surface area contributed by atoms with E-state index < -0.39 is 11.7 Å². The molecular weight excluding hydrogens is 314 g/mol. The van der Waals surface area contributed by atoms with Gasteiger partial charge in [-0.2, -0.15) is 13.2 Å².